The highest BCUT2D eigenvalue weighted by Gasteiger charge is 2.17. The zero-order valence-electron chi connectivity index (χ0n) is 13.7. The summed E-state index contributed by atoms with van der Waals surface area (Å²) in [6.07, 6.45) is 1.31. The number of nitrogens with zero attached hydrogens (tertiary/aromatic N) is 3. The van der Waals surface area contributed by atoms with Crippen LogP contribution in [-0.4, -0.2) is 14.9 Å². The summed E-state index contributed by atoms with van der Waals surface area (Å²) in [5.74, 6) is 0.0358. The second-order valence-corrected chi connectivity index (χ2v) is 6.22. The molecule has 0 aliphatic heterocycles. The van der Waals surface area contributed by atoms with Gasteiger partial charge in [0.25, 0.3) is 5.69 Å². The first-order valence-corrected chi connectivity index (χ1v) is 8.26. The Bertz CT molecular complexity index is 1020. The molecule has 138 valence electrons. The van der Waals surface area contributed by atoms with E-state index in [1.54, 1.807) is 6.92 Å². The molecule has 0 spiro atoms. The lowest BCUT2D eigenvalue weighted by Crippen LogP contribution is -2.00. The molecule has 1 N–H and O–H groups in total. The van der Waals surface area contributed by atoms with Gasteiger partial charge in [-0.25, -0.2) is 9.37 Å². The molecule has 1 heterocycles. The number of aryl methyl sites for hydroxylation is 1. The SMILES string of the molecule is Cc1cc(Cl)c([N+](=O)[O-])cc1Oc1ncc(Cl)c(Nc2ccc(F)cc2)n1. The molecule has 10 heteroatoms. The van der Waals surface area contributed by atoms with Gasteiger partial charge in [-0.2, -0.15) is 4.98 Å². The number of hydrogen-bond acceptors (Lipinski definition) is 6. The Hall–Kier alpha value is -2.97. The van der Waals surface area contributed by atoms with Crippen molar-refractivity contribution >= 4 is 40.4 Å². The number of halogens is 3. The molecule has 3 rings (SSSR count). The minimum atomic E-state index is -0.612. The summed E-state index contributed by atoms with van der Waals surface area (Å²) in [4.78, 5) is 18.5. The Morgan fingerprint density at radius 1 is 1.19 bits per heavy atom. The van der Waals surface area contributed by atoms with Crippen LogP contribution in [0.25, 0.3) is 0 Å². The van der Waals surface area contributed by atoms with Crippen molar-refractivity contribution in [2.24, 2.45) is 0 Å². The fraction of sp³-hybridized carbons (Fsp3) is 0.0588. The molecule has 0 atom stereocenters. The van der Waals surface area contributed by atoms with Gasteiger partial charge in [0, 0.05) is 5.69 Å². The van der Waals surface area contributed by atoms with Gasteiger partial charge in [0.15, 0.2) is 5.82 Å². The topological polar surface area (TPSA) is 90.2 Å². The van der Waals surface area contributed by atoms with E-state index < -0.39 is 4.92 Å². The monoisotopic (exact) mass is 408 g/mol. The van der Waals surface area contributed by atoms with E-state index in [1.807, 2.05) is 0 Å². The largest absolute Gasteiger partial charge is 0.424 e. The number of hydrogen-bond donors (Lipinski definition) is 1. The Morgan fingerprint density at radius 3 is 2.56 bits per heavy atom. The molecule has 0 aliphatic carbocycles. The van der Waals surface area contributed by atoms with E-state index in [4.69, 9.17) is 27.9 Å². The average molecular weight is 409 g/mol. The number of nitrogens with one attached hydrogen (secondary N) is 1. The molecule has 0 fully saturated rings. The third-order valence-corrected chi connectivity index (χ3v) is 4.05. The molecule has 0 saturated carbocycles. The maximum absolute atomic E-state index is 13.0. The molecule has 27 heavy (non-hydrogen) atoms. The molecular weight excluding hydrogens is 398 g/mol. The first kappa shape index (κ1) is 18.8. The smallest absolute Gasteiger partial charge is 0.324 e. The van der Waals surface area contributed by atoms with Crippen LogP contribution >= 0.6 is 23.2 Å². The first-order valence-electron chi connectivity index (χ1n) is 7.51. The van der Waals surface area contributed by atoms with Gasteiger partial charge in [0.2, 0.25) is 0 Å². The Balaban J connectivity index is 1.89. The van der Waals surface area contributed by atoms with Crippen LogP contribution in [0, 0.1) is 22.9 Å². The number of nitro benzene ring substituents is 1. The van der Waals surface area contributed by atoms with Gasteiger partial charge >= 0.3 is 6.01 Å². The van der Waals surface area contributed by atoms with Crippen LogP contribution < -0.4 is 10.1 Å². The van der Waals surface area contributed by atoms with Gasteiger partial charge in [-0.3, -0.25) is 10.1 Å². The lowest BCUT2D eigenvalue weighted by molar-refractivity contribution is -0.384. The summed E-state index contributed by atoms with van der Waals surface area (Å²) in [6, 6.07) is 8.13. The second kappa shape index (κ2) is 7.73. The van der Waals surface area contributed by atoms with Crippen LogP contribution in [0.1, 0.15) is 5.56 Å². The molecular formula is C17H11Cl2FN4O3. The highest BCUT2D eigenvalue weighted by molar-refractivity contribution is 6.33. The van der Waals surface area contributed by atoms with Gasteiger partial charge in [-0.15, -0.1) is 0 Å². The summed E-state index contributed by atoms with van der Waals surface area (Å²) >= 11 is 11.9. The lowest BCUT2D eigenvalue weighted by Gasteiger charge is -2.11. The highest BCUT2D eigenvalue weighted by atomic mass is 35.5. The van der Waals surface area contributed by atoms with E-state index in [0.717, 1.165) is 0 Å². The number of ether oxygens (including phenoxy) is 1. The highest BCUT2D eigenvalue weighted by Crippen LogP contribution is 2.34. The van der Waals surface area contributed by atoms with Crippen molar-refractivity contribution in [2.45, 2.75) is 6.92 Å². The van der Waals surface area contributed by atoms with E-state index in [9.17, 15) is 14.5 Å². The fourth-order valence-corrected chi connectivity index (χ4v) is 2.57. The van der Waals surface area contributed by atoms with Crippen molar-refractivity contribution in [3.05, 3.63) is 74.1 Å². The summed E-state index contributed by atoms with van der Waals surface area (Å²) in [5.41, 5.74) is 0.828. The minimum Gasteiger partial charge on any atom is -0.424 e. The molecule has 0 saturated heterocycles. The van der Waals surface area contributed by atoms with Crippen molar-refractivity contribution in [3.8, 4) is 11.8 Å². The van der Waals surface area contributed by atoms with Crippen LogP contribution in [0.4, 0.5) is 21.6 Å². The van der Waals surface area contributed by atoms with Crippen LogP contribution in [0.2, 0.25) is 10.0 Å². The third-order valence-electron chi connectivity index (χ3n) is 3.47. The molecule has 7 nitrogen and oxygen atoms in total. The Kier molecular flexibility index (Phi) is 5.38. The van der Waals surface area contributed by atoms with E-state index in [1.165, 1.54) is 42.6 Å². The zero-order chi connectivity index (χ0) is 19.6. The van der Waals surface area contributed by atoms with Crippen molar-refractivity contribution < 1.29 is 14.1 Å². The molecule has 0 unspecified atom stereocenters. The van der Waals surface area contributed by atoms with Gasteiger partial charge in [0.05, 0.1) is 17.2 Å². The molecule has 0 aliphatic rings. The summed E-state index contributed by atoms with van der Waals surface area (Å²) in [6.45, 7) is 1.68. The molecule has 1 aromatic heterocycles. The number of rotatable bonds is 5. The number of anilines is 2. The lowest BCUT2D eigenvalue weighted by atomic mass is 10.2. The third kappa shape index (κ3) is 4.42. The van der Waals surface area contributed by atoms with Crippen LogP contribution in [-0.2, 0) is 0 Å². The Morgan fingerprint density at radius 2 is 1.89 bits per heavy atom. The van der Waals surface area contributed by atoms with Crippen molar-refractivity contribution in [1.82, 2.24) is 9.97 Å². The zero-order valence-corrected chi connectivity index (χ0v) is 15.3. The Labute approximate surface area is 162 Å². The fourth-order valence-electron chi connectivity index (χ4n) is 2.15. The second-order valence-electron chi connectivity index (χ2n) is 5.41. The summed E-state index contributed by atoms with van der Waals surface area (Å²) in [5, 5.41) is 14.2. The van der Waals surface area contributed by atoms with Gasteiger partial charge in [-0.05, 0) is 42.8 Å². The molecule has 0 bridgehead atoms. The van der Waals surface area contributed by atoms with E-state index in [-0.39, 0.29) is 39.1 Å². The van der Waals surface area contributed by atoms with E-state index in [2.05, 4.69) is 15.3 Å². The molecule has 2 aromatic carbocycles. The van der Waals surface area contributed by atoms with Gasteiger partial charge in [-0.1, -0.05) is 23.2 Å². The van der Waals surface area contributed by atoms with Gasteiger partial charge in [0.1, 0.15) is 21.6 Å². The predicted octanol–water partition coefficient (Wildman–Crippen LogP) is 5.68. The maximum atomic E-state index is 13.0. The maximum Gasteiger partial charge on any atom is 0.324 e. The van der Waals surface area contributed by atoms with E-state index >= 15 is 0 Å². The minimum absolute atomic E-state index is 0.000500. The predicted molar refractivity (Wildman–Crippen MR) is 99.6 cm³/mol. The summed E-state index contributed by atoms with van der Waals surface area (Å²) < 4.78 is 18.6. The normalized spacial score (nSPS) is 10.5. The number of aromatic nitrogens is 2. The van der Waals surface area contributed by atoms with E-state index in [0.29, 0.717) is 11.3 Å². The quantitative estimate of drug-likeness (QED) is 0.431. The number of benzene rings is 2. The van der Waals surface area contributed by atoms with Crippen molar-refractivity contribution in [1.29, 1.82) is 0 Å². The van der Waals surface area contributed by atoms with Crippen molar-refractivity contribution in [2.75, 3.05) is 5.32 Å². The van der Waals surface area contributed by atoms with Gasteiger partial charge < -0.3 is 10.1 Å². The first-order chi connectivity index (χ1) is 12.8. The standard InChI is InChI=1S/C17H11Cl2FN4O3/c1-9-6-12(18)14(24(25)26)7-15(9)27-17-21-8-13(19)16(23-17)22-11-4-2-10(20)3-5-11/h2-8H,1H3,(H,21,22,23). The van der Waals surface area contributed by atoms with Crippen LogP contribution in [0.3, 0.4) is 0 Å². The summed E-state index contributed by atoms with van der Waals surface area (Å²) in [7, 11) is 0. The molecule has 0 amide bonds. The number of nitro groups is 1. The molecule has 3 aromatic rings. The average Bonchev–Trinajstić information content (AvgIpc) is 2.61. The molecule has 0 radical (unpaired) electrons. The van der Waals surface area contributed by atoms with Crippen molar-refractivity contribution in [3.63, 3.8) is 0 Å². The van der Waals surface area contributed by atoms with Crippen LogP contribution in [0.5, 0.6) is 11.8 Å². The van der Waals surface area contributed by atoms with Crippen LogP contribution in [0.15, 0.2) is 42.6 Å².